The Morgan fingerprint density at radius 1 is 1.20 bits per heavy atom. The van der Waals surface area contributed by atoms with E-state index in [2.05, 4.69) is 34.5 Å². The van der Waals surface area contributed by atoms with Crippen molar-refractivity contribution in [3.8, 4) is 0 Å². The zero-order chi connectivity index (χ0) is 13.8. The molecule has 1 aliphatic heterocycles. The van der Waals surface area contributed by atoms with Gasteiger partial charge in [-0.05, 0) is 36.5 Å². The highest BCUT2D eigenvalue weighted by Gasteiger charge is 2.28. The van der Waals surface area contributed by atoms with Crippen molar-refractivity contribution in [1.29, 1.82) is 0 Å². The first-order valence-electron chi connectivity index (χ1n) is 7.63. The Hall–Kier alpha value is -1.10. The second-order valence-corrected chi connectivity index (χ2v) is 5.80. The summed E-state index contributed by atoms with van der Waals surface area (Å²) < 4.78 is 5.37. The van der Waals surface area contributed by atoms with Crippen molar-refractivity contribution in [3.63, 3.8) is 0 Å². The Morgan fingerprint density at radius 2 is 1.90 bits per heavy atom. The summed E-state index contributed by atoms with van der Waals surface area (Å²) in [7, 11) is 0. The quantitative estimate of drug-likeness (QED) is 0.824. The van der Waals surface area contributed by atoms with Crippen LogP contribution in [-0.2, 0) is 11.3 Å². The Bertz CT molecular complexity index is 411. The fourth-order valence-corrected chi connectivity index (χ4v) is 2.66. The van der Waals surface area contributed by atoms with E-state index in [1.807, 2.05) is 0 Å². The molecular weight excluding hydrogens is 252 g/mol. The molecule has 4 heteroatoms. The number of hydrogen-bond acceptors (Lipinski definition) is 4. The molecule has 0 bridgehead atoms. The van der Waals surface area contributed by atoms with Crippen molar-refractivity contribution in [2.45, 2.75) is 25.5 Å². The standard InChI is InChI=1S/C16H24N2O2/c19-16(14-3-4-14)12-17-11-13-1-5-15(6-2-13)18-7-9-20-10-8-18/h1-2,5-6,14,16-17,19H,3-4,7-12H2. The van der Waals surface area contributed by atoms with Crippen LogP contribution >= 0.6 is 0 Å². The second kappa shape index (κ2) is 6.57. The van der Waals surface area contributed by atoms with Gasteiger partial charge in [0.25, 0.3) is 0 Å². The third-order valence-electron chi connectivity index (χ3n) is 4.16. The van der Waals surface area contributed by atoms with Crippen molar-refractivity contribution >= 4 is 5.69 Å². The first-order chi connectivity index (χ1) is 9.83. The van der Waals surface area contributed by atoms with E-state index in [0.29, 0.717) is 12.5 Å². The minimum atomic E-state index is -0.164. The summed E-state index contributed by atoms with van der Waals surface area (Å²) in [5, 5.41) is 13.1. The molecule has 2 aliphatic rings. The molecule has 1 saturated heterocycles. The molecular formula is C16H24N2O2. The van der Waals surface area contributed by atoms with Crippen LogP contribution in [0.5, 0.6) is 0 Å². The van der Waals surface area contributed by atoms with Crippen molar-refractivity contribution in [1.82, 2.24) is 5.32 Å². The number of anilines is 1. The van der Waals surface area contributed by atoms with Crippen LogP contribution in [0.1, 0.15) is 18.4 Å². The van der Waals surface area contributed by atoms with Gasteiger partial charge in [0.2, 0.25) is 0 Å². The first-order valence-corrected chi connectivity index (χ1v) is 7.63. The molecule has 110 valence electrons. The van der Waals surface area contributed by atoms with Gasteiger partial charge in [0, 0.05) is 31.9 Å². The topological polar surface area (TPSA) is 44.7 Å². The molecule has 20 heavy (non-hydrogen) atoms. The van der Waals surface area contributed by atoms with E-state index in [0.717, 1.165) is 32.8 Å². The summed E-state index contributed by atoms with van der Waals surface area (Å²) >= 11 is 0. The summed E-state index contributed by atoms with van der Waals surface area (Å²) in [6.07, 6.45) is 2.22. The van der Waals surface area contributed by atoms with Gasteiger partial charge in [0.15, 0.2) is 0 Å². The fourth-order valence-electron chi connectivity index (χ4n) is 2.66. The van der Waals surface area contributed by atoms with Crippen molar-refractivity contribution in [3.05, 3.63) is 29.8 Å². The number of nitrogens with one attached hydrogen (secondary N) is 1. The lowest BCUT2D eigenvalue weighted by atomic mass is 10.1. The molecule has 1 heterocycles. The Kier molecular flexibility index (Phi) is 4.55. The Labute approximate surface area is 120 Å². The third kappa shape index (κ3) is 3.72. The molecule has 1 aliphatic carbocycles. The number of hydrogen-bond donors (Lipinski definition) is 2. The minimum absolute atomic E-state index is 0.164. The normalized spacial score (nSPS) is 20.9. The van der Waals surface area contributed by atoms with E-state index in [1.165, 1.54) is 24.1 Å². The van der Waals surface area contributed by atoms with Gasteiger partial charge in [-0.2, -0.15) is 0 Å². The highest BCUT2D eigenvalue weighted by molar-refractivity contribution is 5.47. The first kappa shape index (κ1) is 13.9. The van der Waals surface area contributed by atoms with Gasteiger partial charge in [-0.1, -0.05) is 12.1 Å². The summed E-state index contributed by atoms with van der Waals surface area (Å²) in [5.74, 6) is 0.547. The van der Waals surface area contributed by atoms with Gasteiger partial charge in [-0.25, -0.2) is 0 Å². The summed E-state index contributed by atoms with van der Waals surface area (Å²) in [6.45, 7) is 5.13. The number of aliphatic hydroxyl groups is 1. The van der Waals surface area contributed by atoms with Crippen LogP contribution in [0.15, 0.2) is 24.3 Å². The van der Waals surface area contributed by atoms with Gasteiger partial charge in [0.1, 0.15) is 0 Å². The van der Waals surface area contributed by atoms with Gasteiger partial charge >= 0.3 is 0 Å². The molecule has 0 amide bonds. The van der Waals surface area contributed by atoms with E-state index in [4.69, 9.17) is 4.74 Å². The highest BCUT2D eigenvalue weighted by atomic mass is 16.5. The second-order valence-electron chi connectivity index (χ2n) is 5.80. The molecule has 1 unspecified atom stereocenters. The molecule has 1 atom stereocenters. The highest BCUT2D eigenvalue weighted by Crippen LogP contribution is 2.32. The lowest BCUT2D eigenvalue weighted by Gasteiger charge is -2.28. The van der Waals surface area contributed by atoms with E-state index >= 15 is 0 Å². The smallest absolute Gasteiger partial charge is 0.0692 e. The lowest BCUT2D eigenvalue weighted by Crippen LogP contribution is -2.36. The SMILES string of the molecule is OC(CNCc1ccc(N2CCOCC2)cc1)C1CC1. The summed E-state index contributed by atoms with van der Waals surface area (Å²) in [5.41, 5.74) is 2.54. The van der Waals surface area contributed by atoms with Crippen molar-refractivity contribution in [2.75, 3.05) is 37.7 Å². The van der Waals surface area contributed by atoms with Crippen LogP contribution in [0.2, 0.25) is 0 Å². The predicted octanol–water partition coefficient (Wildman–Crippen LogP) is 1.38. The van der Waals surface area contributed by atoms with Gasteiger partial charge in [-0.3, -0.25) is 0 Å². The van der Waals surface area contributed by atoms with Crippen molar-refractivity contribution < 1.29 is 9.84 Å². The molecule has 1 aromatic carbocycles. The Balaban J connectivity index is 1.45. The molecule has 0 radical (unpaired) electrons. The number of ether oxygens (including phenoxy) is 1. The van der Waals surface area contributed by atoms with Crippen LogP contribution in [0.4, 0.5) is 5.69 Å². The van der Waals surface area contributed by atoms with Gasteiger partial charge < -0.3 is 20.1 Å². The molecule has 4 nitrogen and oxygen atoms in total. The number of rotatable bonds is 6. The van der Waals surface area contributed by atoms with E-state index in [1.54, 1.807) is 0 Å². The average Bonchev–Trinajstić information content (AvgIpc) is 3.33. The van der Waals surface area contributed by atoms with E-state index < -0.39 is 0 Å². The average molecular weight is 276 g/mol. The number of nitrogens with zero attached hydrogens (tertiary/aromatic N) is 1. The van der Waals surface area contributed by atoms with Crippen molar-refractivity contribution in [2.24, 2.45) is 5.92 Å². The molecule has 1 saturated carbocycles. The predicted molar refractivity (Wildman–Crippen MR) is 79.9 cm³/mol. The van der Waals surface area contributed by atoms with Gasteiger partial charge in [-0.15, -0.1) is 0 Å². The fraction of sp³-hybridized carbons (Fsp3) is 0.625. The largest absolute Gasteiger partial charge is 0.392 e. The maximum absolute atomic E-state index is 9.80. The molecule has 1 aromatic rings. The zero-order valence-electron chi connectivity index (χ0n) is 11.9. The molecule has 0 spiro atoms. The van der Waals surface area contributed by atoms with Crippen LogP contribution in [0.3, 0.4) is 0 Å². The van der Waals surface area contributed by atoms with Crippen LogP contribution in [0.25, 0.3) is 0 Å². The third-order valence-corrected chi connectivity index (χ3v) is 4.16. The maximum atomic E-state index is 9.80. The van der Waals surface area contributed by atoms with Crippen LogP contribution in [-0.4, -0.2) is 44.1 Å². The summed E-state index contributed by atoms with van der Waals surface area (Å²) in [4.78, 5) is 2.36. The summed E-state index contributed by atoms with van der Waals surface area (Å²) in [6, 6.07) is 8.70. The van der Waals surface area contributed by atoms with Crippen LogP contribution < -0.4 is 10.2 Å². The molecule has 3 rings (SSSR count). The van der Waals surface area contributed by atoms with E-state index in [9.17, 15) is 5.11 Å². The molecule has 2 fully saturated rings. The maximum Gasteiger partial charge on any atom is 0.0692 e. The number of benzene rings is 1. The minimum Gasteiger partial charge on any atom is -0.392 e. The molecule has 0 aromatic heterocycles. The monoisotopic (exact) mass is 276 g/mol. The van der Waals surface area contributed by atoms with Crippen LogP contribution in [0, 0.1) is 5.92 Å². The lowest BCUT2D eigenvalue weighted by molar-refractivity contribution is 0.122. The number of aliphatic hydroxyl groups excluding tert-OH is 1. The van der Waals surface area contributed by atoms with Gasteiger partial charge in [0.05, 0.1) is 19.3 Å². The Morgan fingerprint density at radius 3 is 2.55 bits per heavy atom. The van der Waals surface area contributed by atoms with E-state index in [-0.39, 0.29) is 6.10 Å². The zero-order valence-corrected chi connectivity index (χ0v) is 11.9. The molecule has 2 N–H and O–H groups in total. The number of morpholine rings is 1.